The molecule has 0 saturated carbocycles. The lowest BCUT2D eigenvalue weighted by Crippen LogP contribution is -2.15. The largest absolute Gasteiger partial charge is 0.505 e. The van der Waals surface area contributed by atoms with Crippen LogP contribution in [0.15, 0.2) is 147 Å². The second kappa shape index (κ2) is 18.8. The van der Waals surface area contributed by atoms with Crippen molar-refractivity contribution in [2.45, 2.75) is 29.4 Å². The Labute approximate surface area is 401 Å². The van der Waals surface area contributed by atoms with Gasteiger partial charge in [0.2, 0.25) is 17.2 Å². The Bertz CT molecular complexity index is 4010. The summed E-state index contributed by atoms with van der Waals surface area (Å²) in [5.41, 5.74) is 1.39. The van der Waals surface area contributed by atoms with Crippen LogP contribution < -0.4 is 16.0 Å². The number of aromatic nitrogens is 3. The molecule has 27 nitrogen and oxygen atoms in total. The van der Waals surface area contributed by atoms with Crippen LogP contribution >= 0.6 is 11.6 Å². The first-order chi connectivity index (χ1) is 32.3. The minimum atomic E-state index is -5.53. The lowest BCUT2D eigenvalue weighted by Gasteiger charge is -2.18. The minimum Gasteiger partial charge on any atom is -0.505 e. The number of sulfone groups is 2. The number of phenols is 1. The van der Waals surface area contributed by atoms with Gasteiger partial charge in [-0.1, -0.05) is 19.2 Å². The number of aromatic hydroxyl groups is 1. The van der Waals surface area contributed by atoms with Crippen molar-refractivity contribution in [2.24, 2.45) is 20.5 Å². The highest BCUT2D eigenvalue weighted by molar-refractivity contribution is 7.94. The quantitative estimate of drug-likeness (QED) is 0.0325. The van der Waals surface area contributed by atoms with Crippen LogP contribution in [0.4, 0.5) is 51.7 Å². The number of phenolic OH excluding ortho intramolecular Hbond substituents is 1. The van der Waals surface area contributed by atoms with Crippen molar-refractivity contribution < 1.29 is 73.8 Å². The topological polar surface area (TPSA) is 435 Å². The second-order valence-corrected chi connectivity index (χ2v) is 23.4. The molecule has 34 heteroatoms. The third kappa shape index (κ3) is 11.1. The molecule has 0 aliphatic carbocycles. The third-order valence-electron chi connectivity index (χ3n) is 9.28. The zero-order valence-electron chi connectivity index (χ0n) is 34.6. The number of benzene rings is 5. The molecule has 70 heavy (non-hydrogen) atoms. The predicted molar refractivity (Wildman–Crippen MR) is 248 cm³/mol. The van der Waals surface area contributed by atoms with Crippen LogP contribution in [0.1, 0.15) is 0 Å². The van der Waals surface area contributed by atoms with Crippen molar-refractivity contribution in [1.29, 1.82) is 0 Å². The predicted octanol–water partition coefficient (Wildman–Crippen LogP) is 6.13. The maximum absolute atomic E-state index is 12.7. The molecule has 0 saturated heterocycles. The fourth-order valence-corrected chi connectivity index (χ4v) is 10.3. The van der Waals surface area contributed by atoms with E-state index in [0.717, 1.165) is 29.7 Å². The van der Waals surface area contributed by atoms with E-state index < -0.39 is 135 Å². The molecule has 8 N–H and O–H groups in total. The van der Waals surface area contributed by atoms with Gasteiger partial charge in [0, 0.05) is 29.2 Å². The monoisotopic (exact) mass is 1100 g/mol. The summed E-state index contributed by atoms with van der Waals surface area (Å²) >= 11 is 6.17. The van der Waals surface area contributed by atoms with Crippen LogP contribution in [0.3, 0.4) is 0 Å². The number of halogens is 1. The molecule has 5 aromatic carbocycles. The van der Waals surface area contributed by atoms with Gasteiger partial charge in [-0.15, -0.1) is 20.5 Å². The summed E-state index contributed by atoms with van der Waals surface area (Å²) in [5, 5.41) is 28.0. The number of nitrogens with two attached hydrogens (primary N) is 1. The summed E-state index contributed by atoms with van der Waals surface area (Å²) in [5.74, 6) is -1.82. The molecule has 1 heterocycles. The molecule has 1 aromatic heterocycles. The number of hydrogen-bond acceptors (Lipinski definition) is 23. The van der Waals surface area contributed by atoms with Gasteiger partial charge >= 0.3 is 0 Å². The molecule has 6 aromatic rings. The van der Waals surface area contributed by atoms with E-state index in [4.69, 9.17) is 17.3 Å². The number of nitrogens with zero attached hydrogens (tertiary/aromatic N) is 8. The van der Waals surface area contributed by atoms with Gasteiger partial charge in [0.25, 0.3) is 40.5 Å². The minimum absolute atomic E-state index is 0.113. The van der Waals surface area contributed by atoms with Gasteiger partial charge in [-0.25, -0.2) is 16.8 Å². The summed E-state index contributed by atoms with van der Waals surface area (Å²) < 4.78 is 190. The highest BCUT2D eigenvalue weighted by atomic mass is 35.5. The molecule has 0 unspecified atom stereocenters. The lowest BCUT2D eigenvalue weighted by atomic mass is 10.1. The molecule has 6 rings (SSSR count). The Kier molecular flexibility index (Phi) is 14.1. The molecule has 0 bridgehead atoms. The van der Waals surface area contributed by atoms with Gasteiger partial charge in [-0.3, -0.25) is 18.2 Å². The highest BCUT2D eigenvalue weighted by Gasteiger charge is 2.29. The molecule has 0 fully saturated rings. The van der Waals surface area contributed by atoms with Crippen LogP contribution in [0, 0.1) is 0 Å². The van der Waals surface area contributed by atoms with E-state index in [-0.39, 0.29) is 28.2 Å². The zero-order valence-corrected chi connectivity index (χ0v) is 40.3. The lowest BCUT2D eigenvalue weighted by molar-refractivity contribution is 0.472. The van der Waals surface area contributed by atoms with E-state index in [9.17, 15) is 73.8 Å². The summed E-state index contributed by atoms with van der Waals surface area (Å²) in [6.07, 6.45) is 0. The molecule has 0 spiro atoms. The number of anilines is 5. The number of nitrogens with one attached hydrogen (secondary N) is 1. The fourth-order valence-electron chi connectivity index (χ4n) is 6.02. The van der Waals surface area contributed by atoms with E-state index in [0.29, 0.717) is 29.7 Å². The van der Waals surface area contributed by atoms with Gasteiger partial charge < -0.3 is 21.1 Å². The van der Waals surface area contributed by atoms with Crippen LogP contribution in [0.2, 0.25) is 5.28 Å². The van der Waals surface area contributed by atoms with Gasteiger partial charge in [-0.2, -0.15) is 48.6 Å². The number of rotatable bonds is 16. The molecule has 0 amide bonds. The van der Waals surface area contributed by atoms with E-state index in [1.165, 1.54) is 36.2 Å². The summed E-state index contributed by atoms with van der Waals surface area (Å²) in [6.45, 7) is 6.40. The van der Waals surface area contributed by atoms with Gasteiger partial charge in [-0.05, 0) is 83.7 Å². The molecular weight excluding hydrogens is 1070 g/mol. The highest BCUT2D eigenvalue weighted by Crippen LogP contribution is 2.49. The summed E-state index contributed by atoms with van der Waals surface area (Å²) in [4.78, 5) is 7.95. The van der Waals surface area contributed by atoms with Gasteiger partial charge in [0.15, 0.2) is 25.4 Å². The first kappa shape index (κ1) is 52.5. The van der Waals surface area contributed by atoms with Crippen molar-refractivity contribution in [3.05, 3.63) is 102 Å². The first-order valence-corrected chi connectivity index (χ1v) is 27.4. The van der Waals surface area contributed by atoms with Crippen LogP contribution in [0.5, 0.6) is 5.75 Å². The van der Waals surface area contributed by atoms with Crippen molar-refractivity contribution >= 4 is 134 Å². The van der Waals surface area contributed by atoms with E-state index in [2.05, 4.69) is 53.9 Å². The Morgan fingerprint density at radius 3 is 1.74 bits per heavy atom. The van der Waals surface area contributed by atoms with Crippen LogP contribution in [-0.2, 0) is 60.1 Å². The smallest absolute Gasteiger partial charge is 0.296 e. The van der Waals surface area contributed by atoms with Crippen LogP contribution in [0.25, 0.3) is 10.8 Å². The van der Waals surface area contributed by atoms with Crippen LogP contribution in [-0.4, -0.2) is 95.8 Å². The molecular formula is C36H29ClN10O17S6. The second-order valence-electron chi connectivity index (χ2n) is 13.8. The van der Waals surface area contributed by atoms with Gasteiger partial charge in [0.05, 0.1) is 20.9 Å². The number of hydrogen-bond donors (Lipinski definition) is 7. The maximum Gasteiger partial charge on any atom is 0.296 e. The average Bonchev–Trinajstić information content (AvgIpc) is 3.26. The average molecular weight is 1100 g/mol. The number of nitrogen functional groups attached to an aromatic ring is 1. The van der Waals surface area contributed by atoms with E-state index in [1.54, 1.807) is 0 Å². The molecule has 0 aliphatic heterocycles. The Morgan fingerprint density at radius 2 is 1.17 bits per heavy atom. The van der Waals surface area contributed by atoms with Crippen molar-refractivity contribution in [3.8, 4) is 5.75 Å². The third-order valence-corrected chi connectivity index (χ3v) is 15.7. The van der Waals surface area contributed by atoms with Gasteiger partial charge in [0.1, 0.15) is 42.3 Å². The fraction of sp³-hybridized carbons (Fsp3) is 0.0278. The molecule has 0 radical (unpaired) electrons. The standard InChI is InChI=1S/C36H29ClN10O17S6/c1-4-65(49,50)21-8-6-7-20(16-21)47(3)36-41-34(37)40-35(42-36)39-19-9-12-25(67(53,54)55)24(15-19)44-46-32-28(70(62,63)64)14-18-13-27(69(59,60)61)31(30(38)29(18)33(32)48)45-43-23-11-10-22(66(51,52)5-2)17-26(23)68(56,57)58/h4-17,48H,1-2,38H2,3H3,(H,53,54,55)(H,56,57,58)(H,59,60,61)(H,62,63,64)(H,39,40,41,42). The summed E-state index contributed by atoms with van der Waals surface area (Å²) in [6, 6.07) is 11.2. The van der Waals surface area contributed by atoms with E-state index in [1.807, 2.05) is 0 Å². The Morgan fingerprint density at radius 1 is 0.629 bits per heavy atom. The molecule has 0 aliphatic rings. The van der Waals surface area contributed by atoms with Crippen molar-refractivity contribution in [1.82, 2.24) is 15.0 Å². The Hall–Kier alpha value is -6.92. The molecule has 0 atom stereocenters. The summed E-state index contributed by atoms with van der Waals surface area (Å²) in [7, 11) is -28.2. The Balaban J connectivity index is 1.49. The zero-order chi connectivity index (χ0) is 52.1. The van der Waals surface area contributed by atoms with E-state index >= 15 is 0 Å². The number of azo groups is 2. The SMILES string of the molecule is C=CS(=O)(=O)c1cccc(N(C)c2nc(Cl)nc(Nc3ccc(S(=O)(=O)O)c(N=Nc4c(S(=O)(=O)O)cc5cc(S(=O)(=O)O)c(N=Nc6ccc(S(=O)(=O)C=C)cc6S(=O)(=O)O)c(N)c5c4O)c3)n2)c1. The van der Waals surface area contributed by atoms with Crippen molar-refractivity contribution in [2.75, 3.05) is 23.0 Å². The first-order valence-electron chi connectivity index (χ1n) is 18.2. The maximum atomic E-state index is 12.7. The molecule has 368 valence electrons. The number of fused-ring (bicyclic) bond motifs is 1. The van der Waals surface area contributed by atoms with Crippen molar-refractivity contribution in [3.63, 3.8) is 0 Å². The normalized spacial score (nSPS) is 12.9.